The van der Waals surface area contributed by atoms with E-state index in [0.717, 1.165) is 18.9 Å². The molecule has 19 heavy (non-hydrogen) atoms. The van der Waals surface area contributed by atoms with Crippen LogP contribution in [-0.2, 0) is 0 Å². The van der Waals surface area contributed by atoms with Gasteiger partial charge in [-0.1, -0.05) is 18.2 Å². The van der Waals surface area contributed by atoms with Crippen LogP contribution in [0.4, 0.5) is 0 Å². The predicted molar refractivity (Wildman–Crippen MR) is 79.4 cm³/mol. The molecule has 0 amide bonds. The molecule has 2 rings (SSSR count). The fourth-order valence-electron chi connectivity index (χ4n) is 2.81. The number of aryl methyl sites for hydroxylation is 1. The molecule has 1 heterocycles. The molecule has 0 aromatic heterocycles. The number of hydrogen-bond donors (Lipinski definition) is 1. The van der Waals surface area contributed by atoms with Crippen molar-refractivity contribution in [1.29, 1.82) is 0 Å². The number of nitrogens with two attached hydrogens (primary N) is 1. The van der Waals surface area contributed by atoms with Gasteiger partial charge in [-0.05, 0) is 64.0 Å². The van der Waals surface area contributed by atoms with Crippen LogP contribution < -0.4 is 10.5 Å². The first-order valence-electron chi connectivity index (χ1n) is 7.27. The Morgan fingerprint density at radius 1 is 1.32 bits per heavy atom. The van der Waals surface area contributed by atoms with Crippen molar-refractivity contribution in [1.82, 2.24) is 4.90 Å². The lowest BCUT2D eigenvalue weighted by atomic mass is 9.85. The number of piperidine rings is 1. The van der Waals surface area contributed by atoms with Crippen LogP contribution >= 0.6 is 0 Å². The van der Waals surface area contributed by atoms with Crippen LogP contribution in [0, 0.1) is 18.8 Å². The standard InChI is InChI=1S/C16H26N2O/c1-13-5-3-4-6-16(13)19-12-15(11-17)14-7-9-18(2)10-8-14/h3-6,14-15H,7-12,17H2,1-2H3. The lowest BCUT2D eigenvalue weighted by molar-refractivity contribution is 0.132. The highest BCUT2D eigenvalue weighted by atomic mass is 16.5. The third-order valence-corrected chi connectivity index (χ3v) is 4.28. The van der Waals surface area contributed by atoms with E-state index in [9.17, 15) is 0 Å². The highest BCUT2D eigenvalue weighted by Gasteiger charge is 2.25. The van der Waals surface area contributed by atoms with Crippen LogP contribution in [0.3, 0.4) is 0 Å². The van der Waals surface area contributed by atoms with Crippen LogP contribution in [0.15, 0.2) is 24.3 Å². The average Bonchev–Trinajstić information content (AvgIpc) is 2.43. The number of hydrogen-bond acceptors (Lipinski definition) is 3. The molecule has 0 saturated carbocycles. The molecule has 0 radical (unpaired) electrons. The molecule has 1 aliphatic heterocycles. The minimum atomic E-state index is 0.480. The molecule has 1 saturated heterocycles. The van der Waals surface area contributed by atoms with Crippen LogP contribution in [0.2, 0.25) is 0 Å². The Hall–Kier alpha value is -1.06. The van der Waals surface area contributed by atoms with Gasteiger partial charge in [-0.3, -0.25) is 0 Å². The second kappa shape index (κ2) is 6.92. The topological polar surface area (TPSA) is 38.5 Å². The summed E-state index contributed by atoms with van der Waals surface area (Å²) in [6.45, 7) is 5.93. The Kier molecular flexibility index (Phi) is 5.23. The van der Waals surface area contributed by atoms with Gasteiger partial charge in [0.05, 0.1) is 6.61 Å². The number of nitrogens with zero attached hydrogens (tertiary/aromatic N) is 1. The lowest BCUT2D eigenvalue weighted by Crippen LogP contribution is -2.38. The van der Waals surface area contributed by atoms with Gasteiger partial charge in [0.2, 0.25) is 0 Å². The second-order valence-electron chi connectivity index (χ2n) is 5.71. The maximum Gasteiger partial charge on any atom is 0.122 e. The predicted octanol–water partition coefficient (Wildman–Crippen LogP) is 2.29. The first-order chi connectivity index (χ1) is 9.20. The molecule has 1 atom stereocenters. The van der Waals surface area contributed by atoms with E-state index in [4.69, 9.17) is 10.5 Å². The molecule has 1 aromatic rings. The number of para-hydroxylation sites is 1. The van der Waals surface area contributed by atoms with Crippen molar-refractivity contribution in [2.45, 2.75) is 19.8 Å². The highest BCUT2D eigenvalue weighted by Crippen LogP contribution is 2.25. The summed E-state index contributed by atoms with van der Waals surface area (Å²) >= 11 is 0. The fourth-order valence-corrected chi connectivity index (χ4v) is 2.81. The number of likely N-dealkylation sites (tertiary alicyclic amines) is 1. The number of ether oxygens (including phenoxy) is 1. The van der Waals surface area contributed by atoms with Crippen molar-refractivity contribution in [2.75, 3.05) is 33.3 Å². The zero-order valence-corrected chi connectivity index (χ0v) is 12.1. The quantitative estimate of drug-likeness (QED) is 0.885. The van der Waals surface area contributed by atoms with E-state index >= 15 is 0 Å². The summed E-state index contributed by atoms with van der Waals surface area (Å²) in [5, 5.41) is 0. The summed E-state index contributed by atoms with van der Waals surface area (Å²) in [5.74, 6) is 2.19. The molecule has 106 valence electrons. The fraction of sp³-hybridized carbons (Fsp3) is 0.625. The third-order valence-electron chi connectivity index (χ3n) is 4.28. The third kappa shape index (κ3) is 3.95. The molecule has 0 bridgehead atoms. The first kappa shape index (κ1) is 14.4. The van der Waals surface area contributed by atoms with Gasteiger partial charge in [0.1, 0.15) is 5.75 Å². The van der Waals surface area contributed by atoms with Crippen LogP contribution in [0.25, 0.3) is 0 Å². The van der Waals surface area contributed by atoms with Crippen molar-refractivity contribution in [3.05, 3.63) is 29.8 Å². The molecular weight excluding hydrogens is 236 g/mol. The summed E-state index contributed by atoms with van der Waals surface area (Å²) < 4.78 is 5.98. The van der Waals surface area contributed by atoms with Crippen molar-refractivity contribution in [3.63, 3.8) is 0 Å². The number of benzene rings is 1. The lowest BCUT2D eigenvalue weighted by Gasteiger charge is -2.33. The van der Waals surface area contributed by atoms with Crippen LogP contribution in [0.5, 0.6) is 5.75 Å². The van der Waals surface area contributed by atoms with Crippen molar-refractivity contribution in [2.24, 2.45) is 17.6 Å². The van der Waals surface area contributed by atoms with Gasteiger partial charge >= 0.3 is 0 Å². The normalized spacial score (nSPS) is 19.3. The maximum atomic E-state index is 5.98. The van der Waals surface area contributed by atoms with Gasteiger partial charge in [0.15, 0.2) is 0 Å². The Labute approximate surface area is 116 Å². The molecule has 0 spiro atoms. The van der Waals surface area contributed by atoms with Crippen LogP contribution in [0.1, 0.15) is 18.4 Å². The SMILES string of the molecule is Cc1ccccc1OCC(CN)C1CCN(C)CC1. The Morgan fingerprint density at radius 2 is 2.00 bits per heavy atom. The van der Waals surface area contributed by atoms with Crippen molar-refractivity contribution >= 4 is 0 Å². The summed E-state index contributed by atoms with van der Waals surface area (Å²) in [5.41, 5.74) is 7.14. The van der Waals surface area contributed by atoms with Crippen molar-refractivity contribution < 1.29 is 4.74 Å². The molecule has 2 N–H and O–H groups in total. The molecule has 1 aromatic carbocycles. The van der Waals surface area contributed by atoms with E-state index in [1.54, 1.807) is 0 Å². The Bertz CT molecular complexity index is 386. The van der Waals surface area contributed by atoms with E-state index in [2.05, 4.69) is 24.9 Å². The van der Waals surface area contributed by atoms with Gasteiger partial charge < -0.3 is 15.4 Å². The largest absolute Gasteiger partial charge is 0.493 e. The van der Waals surface area contributed by atoms with E-state index in [-0.39, 0.29) is 0 Å². The van der Waals surface area contributed by atoms with Gasteiger partial charge in [0, 0.05) is 5.92 Å². The monoisotopic (exact) mass is 262 g/mol. The van der Waals surface area contributed by atoms with Gasteiger partial charge in [-0.15, -0.1) is 0 Å². The van der Waals surface area contributed by atoms with Crippen LogP contribution in [-0.4, -0.2) is 38.2 Å². The van der Waals surface area contributed by atoms with Crippen molar-refractivity contribution in [3.8, 4) is 5.75 Å². The minimum Gasteiger partial charge on any atom is -0.493 e. The highest BCUT2D eigenvalue weighted by molar-refractivity contribution is 5.31. The van der Waals surface area contributed by atoms with Gasteiger partial charge in [-0.2, -0.15) is 0 Å². The summed E-state index contributed by atoms with van der Waals surface area (Å²) in [4.78, 5) is 2.40. The molecule has 3 nitrogen and oxygen atoms in total. The zero-order chi connectivity index (χ0) is 13.7. The Balaban J connectivity index is 1.87. The molecular formula is C16H26N2O. The second-order valence-corrected chi connectivity index (χ2v) is 5.71. The Morgan fingerprint density at radius 3 is 2.63 bits per heavy atom. The molecule has 1 aliphatic rings. The summed E-state index contributed by atoms with van der Waals surface area (Å²) in [6, 6.07) is 8.19. The first-order valence-corrected chi connectivity index (χ1v) is 7.27. The zero-order valence-electron chi connectivity index (χ0n) is 12.1. The molecule has 3 heteroatoms. The van der Waals surface area contributed by atoms with E-state index < -0.39 is 0 Å². The molecule has 0 aliphatic carbocycles. The molecule has 1 unspecified atom stereocenters. The maximum absolute atomic E-state index is 5.98. The smallest absolute Gasteiger partial charge is 0.122 e. The minimum absolute atomic E-state index is 0.480. The van der Waals surface area contributed by atoms with Gasteiger partial charge in [-0.25, -0.2) is 0 Å². The molecule has 1 fully saturated rings. The summed E-state index contributed by atoms with van der Waals surface area (Å²) in [7, 11) is 2.19. The van der Waals surface area contributed by atoms with E-state index in [0.29, 0.717) is 11.8 Å². The van der Waals surface area contributed by atoms with Gasteiger partial charge in [0.25, 0.3) is 0 Å². The van der Waals surface area contributed by atoms with E-state index in [1.807, 2.05) is 18.2 Å². The summed E-state index contributed by atoms with van der Waals surface area (Å²) in [6.07, 6.45) is 2.49. The average molecular weight is 262 g/mol. The number of rotatable bonds is 5. The van der Waals surface area contributed by atoms with E-state index in [1.165, 1.54) is 31.5 Å².